The molecule has 0 aromatic heterocycles. The third-order valence-corrected chi connectivity index (χ3v) is 3.52. The van der Waals surface area contributed by atoms with E-state index < -0.39 is 5.97 Å². The molecule has 1 rings (SSSR count). The number of aliphatic carboxylic acids is 1. The minimum atomic E-state index is -0.846. The predicted octanol–water partition coefficient (Wildman–Crippen LogP) is 1.45. The van der Waals surface area contributed by atoms with Crippen LogP contribution in [0.5, 0.6) is 0 Å². The molecule has 0 aromatic carbocycles. The topological polar surface area (TPSA) is 40.5 Å². The van der Waals surface area contributed by atoms with Crippen LogP contribution >= 0.6 is 11.8 Å². The Balaban J connectivity index is 2.45. The Labute approximate surface area is 89.2 Å². The van der Waals surface area contributed by atoms with Crippen molar-refractivity contribution in [3.05, 3.63) is 11.6 Å². The van der Waals surface area contributed by atoms with Crippen LogP contribution in [0.4, 0.5) is 0 Å². The summed E-state index contributed by atoms with van der Waals surface area (Å²) in [5.74, 6) is 1.46. The zero-order chi connectivity index (χ0) is 10.6. The van der Waals surface area contributed by atoms with E-state index in [1.807, 2.05) is 18.7 Å². The first-order valence-electron chi connectivity index (χ1n) is 4.81. The van der Waals surface area contributed by atoms with Gasteiger partial charge in [0.25, 0.3) is 0 Å². The summed E-state index contributed by atoms with van der Waals surface area (Å²) in [4.78, 5) is 12.8. The molecule has 0 amide bonds. The average Bonchev–Trinajstić information content (AvgIpc) is 2.07. The molecule has 0 spiro atoms. The maximum atomic E-state index is 10.4. The molecule has 1 aliphatic rings. The molecule has 0 aliphatic carbocycles. The van der Waals surface area contributed by atoms with Crippen LogP contribution < -0.4 is 0 Å². The molecule has 1 fully saturated rings. The molecule has 0 aromatic rings. The molecular formula is C10H17NO2S. The van der Waals surface area contributed by atoms with E-state index in [4.69, 9.17) is 5.11 Å². The molecule has 0 saturated carbocycles. The second kappa shape index (κ2) is 5.41. The summed E-state index contributed by atoms with van der Waals surface area (Å²) in [6, 6.07) is 0.561. The van der Waals surface area contributed by atoms with E-state index in [0.717, 1.165) is 30.2 Å². The van der Waals surface area contributed by atoms with Crippen LogP contribution in [0.3, 0.4) is 0 Å². The van der Waals surface area contributed by atoms with Gasteiger partial charge in [0, 0.05) is 36.7 Å². The lowest BCUT2D eigenvalue weighted by Crippen LogP contribution is -2.41. The summed E-state index contributed by atoms with van der Waals surface area (Å²) < 4.78 is 0. The maximum absolute atomic E-state index is 10.4. The van der Waals surface area contributed by atoms with Crippen LogP contribution in [-0.2, 0) is 4.79 Å². The van der Waals surface area contributed by atoms with Crippen LogP contribution in [-0.4, -0.2) is 46.6 Å². The van der Waals surface area contributed by atoms with Crippen LogP contribution in [0.15, 0.2) is 11.6 Å². The van der Waals surface area contributed by atoms with Crippen LogP contribution in [0.1, 0.15) is 13.8 Å². The van der Waals surface area contributed by atoms with Crippen molar-refractivity contribution in [1.29, 1.82) is 0 Å². The van der Waals surface area contributed by atoms with Crippen LogP contribution in [0.25, 0.3) is 0 Å². The van der Waals surface area contributed by atoms with Gasteiger partial charge in [-0.15, -0.1) is 0 Å². The van der Waals surface area contributed by atoms with Gasteiger partial charge in [0.05, 0.1) is 0 Å². The summed E-state index contributed by atoms with van der Waals surface area (Å²) in [6.45, 7) is 5.92. The van der Waals surface area contributed by atoms with Crippen LogP contribution in [0, 0.1) is 0 Å². The van der Waals surface area contributed by atoms with E-state index in [1.165, 1.54) is 6.08 Å². The average molecular weight is 215 g/mol. The highest BCUT2D eigenvalue weighted by atomic mass is 32.2. The van der Waals surface area contributed by atoms with Gasteiger partial charge in [0.2, 0.25) is 0 Å². The summed E-state index contributed by atoms with van der Waals surface area (Å²) in [6.07, 6.45) is 1.30. The lowest BCUT2D eigenvalue weighted by atomic mass is 10.2. The van der Waals surface area contributed by atoms with Crippen molar-refractivity contribution in [2.45, 2.75) is 19.9 Å². The van der Waals surface area contributed by atoms with Crippen molar-refractivity contribution in [2.24, 2.45) is 0 Å². The fourth-order valence-corrected chi connectivity index (χ4v) is 2.66. The van der Waals surface area contributed by atoms with E-state index >= 15 is 0 Å². The highest BCUT2D eigenvalue weighted by molar-refractivity contribution is 7.99. The van der Waals surface area contributed by atoms with Crippen molar-refractivity contribution < 1.29 is 9.90 Å². The highest BCUT2D eigenvalue weighted by Crippen LogP contribution is 2.16. The minimum absolute atomic E-state index is 0.561. The fourth-order valence-electron chi connectivity index (χ4n) is 1.57. The van der Waals surface area contributed by atoms with E-state index in [1.54, 1.807) is 0 Å². The van der Waals surface area contributed by atoms with Gasteiger partial charge >= 0.3 is 5.97 Å². The second-order valence-corrected chi connectivity index (χ2v) is 4.87. The van der Waals surface area contributed by atoms with Gasteiger partial charge in [-0.05, 0) is 13.8 Å². The Morgan fingerprint density at radius 1 is 1.71 bits per heavy atom. The van der Waals surface area contributed by atoms with E-state index in [2.05, 4.69) is 11.8 Å². The predicted molar refractivity (Wildman–Crippen MR) is 59.8 cm³/mol. The standard InChI is InChI=1S/C10H17NO2S/c1-8(5-10(12)13)6-11-3-4-14-7-9(11)2/h5,9H,3-4,6-7H2,1-2H3,(H,12,13). The molecule has 1 heterocycles. The molecule has 80 valence electrons. The van der Waals surface area contributed by atoms with Crippen molar-refractivity contribution in [3.8, 4) is 0 Å². The quantitative estimate of drug-likeness (QED) is 0.724. The highest BCUT2D eigenvalue weighted by Gasteiger charge is 2.18. The third-order valence-electron chi connectivity index (χ3n) is 2.33. The molecule has 1 saturated heterocycles. The van der Waals surface area contributed by atoms with Gasteiger partial charge in [-0.2, -0.15) is 11.8 Å². The summed E-state index contributed by atoms with van der Waals surface area (Å²) in [5.41, 5.74) is 0.927. The van der Waals surface area contributed by atoms with Crippen molar-refractivity contribution in [1.82, 2.24) is 4.90 Å². The van der Waals surface area contributed by atoms with Crippen molar-refractivity contribution in [3.63, 3.8) is 0 Å². The monoisotopic (exact) mass is 215 g/mol. The number of carboxylic acids is 1. The molecule has 0 radical (unpaired) electrons. The number of carbonyl (C=O) groups is 1. The Morgan fingerprint density at radius 3 is 3.00 bits per heavy atom. The molecule has 1 unspecified atom stereocenters. The van der Waals surface area contributed by atoms with Gasteiger partial charge in [-0.25, -0.2) is 4.79 Å². The Hall–Kier alpha value is -0.480. The van der Waals surface area contributed by atoms with Gasteiger partial charge < -0.3 is 5.11 Å². The molecule has 14 heavy (non-hydrogen) atoms. The van der Waals surface area contributed by atoms with E-state index in [-0.39, 0.29) is 0 Å². The van der Waals surface area contributed by atoms with E-state index in [9.17, 15) is 4.79 Å². The smallest absolute Gasteiger partial charge is 0.328 e. The van der Waals surface area contributed by atoms with Gasteiger partial charge in [0.15, 0.2) is 0 Å². The zero-order valence-corrected chi connectivity index (χ0v) is 9.51. The Kier molecular flexibility index (Phi) is 4.48. The normalized spacial score (nSPS) is 25.0. The third kappa shape index (κ3) is 3.72. The SMILES string of the molecule is CC(=CC(=O)O)CN1CCSCC1C. The summed E-state index contributed by atoms with van der Waals surface area (Å²) in [7, 11) is 0. The minimum Gasteiger partial charge on any atom is -0.478 e. The first-order valence-corrected chi connectivity index (χ1v) is 5.97. The number of hydrogen-bond acceptors (Lipinski definition) is 3. The van der Waals surface area contributed by atoms with Crippen LogP contribution in [0.2, 0.25) is 0 Å². The fraction of sp³-hybridized carbons (Fsp3) is 0.700. The number of thioether (sulfide) groups is 1. The maximum Gasteiger partial charge on any atom is 0.328 e. The lowest BCUT2D eigenvalue weighted by Gasteiger charge is -2.33. The van der Waals surface area contributed by atoms with Gasteiger partial charge in [-0.3, -0.25) is 4.90 Å². The largest absolute Gasteiger partial charge is 0.478 e. The zero-order valence-electron chi connectivity index (χ0n) is 8.69. The van der Waals surface area contributed by atoms with Crippen molar-refractivity contribution >= 4 is 17.7 Å². The summed E-state index contributed by atoms with van der Waals surface area (Å²) in [5, 5.41) is 8.58. The Bertz CT molecular complexity index is 240. The lowest BCUT2D eigenvalue weighted by molar-refractivity contribution is -0.131. The first-order chi connectivity index (χ1) is 6.59. The number of carboxylic acid groups (broad SMARTS) is 1. The Morgan fingerprint density at radius 2 is 2.43 bits per heavy atom. The molecular weight excluding hydrogens is 198 g/mol. The molecule has 3 nitrogen and oxygen atoms in total. The molecule has 0 bridgehead atoms. The second-order valence-electron chi connectivity index (χ2n) is 3.72. The van der Waals surface area contributed by atoms with Gasteiger partial charge in [0.1, 0.15) is 0 Å². The first kappa shape index (κ1) is 11.6. The number of hydrogen-bond donors (Lipinski definition) is 1. The molecule has 1 aliphatic heterocycles. The van der Waals surface area contributed by atoms with Gasteiger partial charge in [-0.1, -0.05) is 5.57 Å². The molecule has 1 atom stereocenters. The number of rotatable bonds is 3. The number of nitrogens with zero attached hydrogens (tertiary/aromatic N) is 1. The summed E-state index contributed by atoms with van der Waals surface area (Å²) >= 11 is 1.97. The molecule has 1 N–H and O–H groups in total. The van der Waals surface area contributed by atoms with E-state index in [0.29, 0.717) is 6.04 Å². The van der Waals surface area contributed by atoms with Crippen molar-refractivity contribution in [2.75, 3.05) is 24.6 Å². The molecule has 4 heteroatoms.